The lowest BCUT2D eigenvalue weighted by atomic mass is 10.1. The Hall–Kier alpha value is -2.96. The summed E-state index contributed by atoms with van der Waals surface area (Å²) >= 11 is 0. The third kappa shape index (κ3) is 2.42. The number of benzene rings is 1. The number of hydrogen-bond acceptors (Lipinski definition) is 4. The van der Waals surface area contributed by atoms with Gasteiger partial charge in [-0.05, 0) is 32.9 Å². The van der Waals surface area contributed by atoms with E-state index in [1.54, 1.807) is 30.9 Å². The fourth-order valence-electron chi connectivity index (χ4n) is 3.35. The molecule has 3 heterocycles. The predicted octanol–water partition coefficient (Wildman–Crippen LogP) is 3.04. The van der Waals surface area contributed by atoms with Gasteiger partial charge in [0, 0.05) is 5.56 Å². The highest BCUT2D eigenvalue weighted by atomic mass is 19.1. The van der Waals surface area contributed by atoms with Gasteiger partial charge in [0.25, 0.3) is 5.91 Å². The summed E-state index contributed by atoms with van der Waals surface area (Å²) in [7, 11) is 0. The van der Waals surface area contributed by atoms with Gasteiger partial charge in [0.1, 0.15) is 5.75 Å². The number of rotatable bonds is 3. The molecule has 134 valence electrons. The van der Waals surface area contributed by atoms with Crippen molar-refractivity contribution in [2.24, 2.45) is 0 Å². The molecule has 1 amide bonds. The van der Waals surface area contributed by atoms with Gasteiger partial charge >= 0.3 is 0 Å². The number of aromatic nitrogens is 3. The minimum absolute atomic E-state index is 0.110. The molecule has 1 aliphatic heterocycles. The van der Waals surface area contributed by atoms with E-state index in [0.717, 1.165) is 11.3 Å². The molecule has 26 heavy (non-hydrogen) atoms. The van der Waals surface area contributed by atoms with Crippen molar-refractivity contribution in [1.82, 2.24) is 19.5 Å². The van der Waals surface area contributed by atoms with E-state index in [2.05, 4.69) is 10.1 Å². The minimum atomic E-state index is -0.350. The van der Waals surface area contributed by atoms with Crippen LogP contribution in [0, 0.1) is 19.7 Å². The molecule has 7 heteroatoms. The second-order valence-corrected chi connectivity index (χ2v) is 6.35. The average molecular weight is 354 g/mol. The van der Waals surface area contributed by atoms with Crippen LogP contribution >= 0.6 is 0 Å². The molecule has 0 fully saturated rings. The number of fused-ring (bicyclic) bond motifs is 3. The highest BCUT2D eigenvalue weighted by molar-refractivity contribution is 5.97. The quantitative estimate of drug-likeness (QED) is 0.725. The van der Waals surface area contributed by atoms with Gasteiger partial charge in [-0.15, -0.1) is 0 Å². The van der Waals surface area contributed by atoms with E-state index in [9.17, 15) is 9.18 Å². The van der Waals surface area contributed by atoms with Crippen LogP contribution in [0.3, 0.4) is 0 Å². The Labute approximate surface area is 150 Å². The molecule has 0 saturated carbocycles. The molecule has 0 saturated heterocycles. The summed E-state index contributed by atoms with van der Waals surface area (Å²) in [5.41, 5.74) is 3.55. The number of para-hydroxylation sites is 1. The third-order valence-electron chi connectivity index (χ3n) is 4.66. The maximum Gasteiger partial charge on any atom is 0.258 e. The Bertz CT molecular complexity index is 1030. The fraction of sp³-hybridized carbons (Fsp3) is 0.316. The second kappa shape index (κ2) is 6.09. The van der Waals surface area contributed by atoms with Gasteiger partial charge in [-0.3, -0.25) is 4.79 Å². The molecule has 4 rings (SSSR count). The van der Waals surface area contributed by atoms with E-state index in [1.807, 2.05) is 19.1 Å². The highest BCUT2D eigenvalue weighted by Crippen LogP contribution is 2.30. The van der Waals surface area contributed by atoms with Gasteiger partial charge in [-0.25, -0.2) is 13.9 Å². The molecule has 0 unspecified atom stereocenters. The summed E-state index contributed by atoms with van der Waals surface area (Å²) < 4.78 is 21.2. The molecular weight excluding hydrogens is 335 g/mol. The molecule has 2 aromatic heterocycles. The van der Waals surface area contributed by atoms with Crippen molar-refractivity contribution in [3.05, 3.63) is 58.3 Å². The second-order valence-electron chi connectivity index (χ2n) is 6.35. The average Bonchev–Trinajstić information content (AvgIpc) is 3.19. The van der Waals surface area contributed by atoms with Crippen molar-refractivity contribution in [3.63, 3.8) is 0 Å². The van der Waals surface area contributed by atoms with E-state index >= 15 is 0 Å². The molecule has 0 radical (unpaired) electrons. The zero-order valence-corrected chi connectivity index (χ0v) is 14.9. The Morgan fingerprint density at radius 3 is 2.81 bits per heavy atom. The molecule has 0 aliphatic carbocycles. The number of aryl methyl sites for hydroxylation is 2. The van der Waals surface area contributed by atoms with Gasteiger partial charge < -0.3 is 9.64 Å². The SMILES string of the molecule is CCOc1ccccc1C(=O)N1Cc2nn3c(C)c(F)c(C)nc3c2C1. The summed E-state index contributed by atoms with van der Waals surface area (Å²) in [4.78, 5) is 19.0. The molecule has 1 aromatic carbocycles. The lowest BCUT2D eigenvalue weighted by Crippen LogP contribution is -2.26. The van der Waals surface area contributed by atoms with Gasteiger partial charge in [0.2, 0.25) is 0 Å². The maximum atomic E-state index is 14.1. The number of halogens is 1. The standard InChI is InChI=1S/C19H19FN4O2/c1-4-26-16-8-6-5-7-13(16)19(25)23-9-14-15(10-23)22-24-12(3)17(20)11(2)21-18(14)24/h5-8H,4,9-10H2,1-3H3. The molecule has 0 spiro atoms. The normalized spacial score (nSPS) is 13.3. The summed E-state index contributed by atoms with van der Waals surface area (Å²) in [5, 5.41) is 4.47. The predicted molar refractivity (Wildman–Crippen MR) is 93.6 cm³/mol. The summed E-state index contributed by atoms with van der Waals surface area (Å²) in [6.07, 6.45) is 0. The molecule has 6 nitrogen and oxygen atoms in total. The number of amides is 1. The molecule has 3 aromatic rings. The first-order valence-electron chi connectivity index (χ1n) is 8.55. The Morgan fingerprint density at radius 1 is 1.27 bits per heavy atom. The number of carbonyl (C=O) groups is 1. The third-order valence-corrected chi connectivity index (χ3v) is 4.66. The first-order valence-corrected chi connectivity index (χ1v) is 8.55. The van der Waals surface area contributed by atoms with Gasteiger partial charge in [-0.1, -0.05) is 12.1 Å². The zero-order valence-electron chi connectivity index (χ0n) is 14.9. The van der Waals surface area contributed by atoms with E-state index < -0.39 is 0 Å². The van der Waals surface area contributed by atoms with Crippen LogP contribution in [0.1, 0.15) is 39.9 Å². The van der Waals surface area contributed by atoms with E-state index in [1.165, 1.54) is 4.52 Å². The van der Waals surface area contributed by atoms with E-state index in [4.69, 9.17) is 4.74 Å². The van der Waals surface area contributed by atoms with Crippen LogP contribution < -0.4 is 4.74 Å². The molecule has 0 atom stereocenters. The van der Waals surface area contributed by atoms with Gasteiger partial charge in [-0.2, -0.15) is 5.10 Å². The van der Waals surface area contributed by atoms with Crippen molar-refractivity contribution in [3.8, 4) is 5.75 Å². The van der Waals surface area contributed by atoms with Gasteiger partial charge in [0.05, 0.1) is 42.3 Å². The molecule has 0 N–H and O–H groups in total. The summed E-state index contributed by atoms with van der Waals surface area (Å²) in [6, 6.07) is 7.22. The van der Waals surface area contributed by atoms with E-state index in [-0.39, 0.29) is 11.7 Å². The van der Waals surface area contributed by atoms with Crippen LogP contribution in [0.5, 0.6) is 5.75 Å². The monoisotopic (exact) mass is 354 g/mol. The van der Waals surface area contributed by atoms with E-state index in [0.29, 0.717) is 48.0 Å². The van der Waals surface area contributed by atoms with Crippen LogP contribution in [0.25, 0.3) is 5.65 Å². The fourth-order valence-corrected chi connectivity index (χ4v) is 3.35. The summed E-state index contributed by atoms with van der Waals surface area (Å²) in [5.74, 6) is 0.115. The van der Waals surface area contributed by atoms with Crippen LogP contribution in [0.15, 0.2) is 24.3 Å². The van der Waals surface area contributed by atoms with Crippen molar-refractivity contribution in [1.29, 1.82) is 0 Å². The topological polar surface area (TPSA) is 59.7 Å². The zero-order chi connectivity index (χ0) is 18.4. The lowest BCUT2D eigenvalue weighted by Gasteiger charge is -2.18. The number of hydrogen-bond donors (Lipinski definition) is 0. The summed E-state index contributed by atoms with van der Waals surface area (Å²) in [6.45, 7) is 6.47. The Kier molecular flexibility index (Phi) is 3.86. The Morgan fingerprint density at radius 2 is 2.04 bits per heavy atom. The molecular formula is C19H19FN4O2. The number of carbonyl (C=O) groups excluding carboxylic acids is 1. The smallest absolute Gasteiger partial charge is 0.258 e. The molecule has 0 bridgehead atoms. The number of nitrogens with zero attached hydrogens (tertiary/aromatic N) is 4. The first-order chi connectivity index (χ1) is 12.5. The highest BCUT2D eigenvalue weighted by Gasteiger charge is 2.31. The van der Waals surface area contributed by atoms with Crippen LogP contribution in [-0.4, -0.2) is 32.0 Å². The van der Waals surface area contributed by atoms with Crippen LogP contribution in [-0.2, 0) is 13.1 Å². The van der Waals surface area contributed by atoms with Crippen molar-refractivity contribution >= 4 is 11.6 Å². The van der Waals surface area contributed by atoms with Crippen molar-refractivity contribution in [2.75, 3.05) is 6.61 Å². The number of ether oxygens (including phenoxy) is 1. The van der Waals surface area contributed by atoms with Crippen molar-refractivity contribution < 1.29 is 13.9 Å². The Balaban J connectivity index is 1.68. The lowest BCUT2D eigenvalue weighted by molar-refractivity contribution is 0.0745. The minimum Gasteiger partial charge on any atom is -0.493 e. The first kappa shape index (κ1) is 16.5. The maximum absolute atomic E-state index is 14.1. The van der Waals surface area contributed by atoms with Crippen LogP contribution in [0.4, 0.5) is 4.39 Å². The van der Waals surface area contributed by atoms with Crippen LogP contribution in [0.2, 0.25) is 0 Å². The van der Waals surface area contributed by atoms with Crippen molar-refractivity contribution in [2.45, 2.75) is 33.9 Å². The molecule has 1 aliphatic rings. The largest absolute Gasteiger partial charge is 0.493 e. The van der Waals surface area contributed by atoms with Gasteiger partial charge in [0.15, 0.2) is 11.5 Å².